The van der Waals surface area contributed by atoms with Gasteiger partial charge in [0.1, 0.15) is 17.1 Å². The van der Waals surface area contributed by atoms with E-state index in [2.05, 4.69) is 5.32 Å². The normalized spacial score (nSPS) is 11.9. The number of carbonyl (C=O) groups is 2. The monoisotopic (exact) mass is 295 g/mol. The van der Waals surface area contributed by atoms with Gasteiger partial charge in [-0.1, -0.05) is 19.4 Å². The van der Waals surface area contributed by atoms with Crippen molar-refractivity contribution in [3.8, 4) is 11.5 Å². The van der Waals surface area contributed by atoms with Crippen molar-refractivity contribution in [3.05, 3.63) is 23.8 Å². The lowest BCUT2D eigenvalue weighted by Crippen LogP contribution is -2.26. The molecule has 21 heavy (non-hydrogen) atoms. The lowest BCUT2D eigenvalue weighted by atomic mass is 9.96. The number of aliphatic carboxylic acids is 1. The summed E-state index contributed by atoms with van der Waals surface area (Å²) in [7, 11) is 0. The Balaban J connectivity index is 2.47. The van der Waals surface area contributed by atoms with Gasteiger partial charge in [0.25, 0.3) is 5.91 Å². The zero-order valence-electron chi connectivity index (χ0n) is 12.0. The summed E-state index contributed by atoms with van der Waals surface area (Å²) in [5.41, 5.74) is -0.143. The molecule has 6 heteroatoms. The van der Waals surface area contributed by atoms with Crippen LogP contribution in [0, 0.1) is 5.92 Å². The predicted molar refractivity (Wildman–Crippen MR) is 77.4 cm³/mol. The molecule has 0 aliphatic heterocycles. The third kappa shape index (κ3) is 5.33. The van der Waals surface area contributed by atoms with Crippen molar-refractivity contribution in [2.45, 2.75) is 32.6 Å². The first kappa shape index (κ1) is 16.8. The molecule has 1 amide bonds. The van der Waals surface area contributed by atoms with Crippen LogP contribution in [0.4, 0.5) is 0 Å². The van der Waals surface area contributed by atoms with Crippen molar-refractivity contribution >= 4 is 11.9 Å². The van der Waals surface area contributed by atoms with Crippen molar-refractivity contribution in [3.63, 3.8) is 0 Å². The molecule has 1 unspecified atom stereocenters. The van der Waals surface area contributed by atoms with Crippen LogP contribution in [0.1, 0.15) is 43.0 Å². The minimum Gasteiger partial charge on any atom is -0.507 e. The average Bonchev–Trinajstić information content (AvgIpc) is 2.42. The van der Waals surface area contributed by atoms with Crippen LogP contribution in [0.5, 0.6) is 11.5 Å². The highest BCUT2D eigenvalue weighted by Crippen LogP contribution is 2.25. The van der Waals surface area contributed by atoms with E-state index < -0.39 is 11.9 Å². The maximum absolute atomic E-state index is 11.9. The first-order chi connectivity index (χ1) is 9.95. The predicted octanol–water partition coefficient (Wildman–Crippen LogP) is 2.11. The second kappa shape index (κ2) is 8.14. The van der Waals surface area contributed by atoms with E-state index in [1.807, 2.05) is 6.92 Å². The number of carboxylic acid groups (broad SMARTS) is 1. The Bertz CT molecular complexity index is 481. The van der Waals surface area contributed by atoms with Crippen molar-refractivity contribution < 1.29 is 24.9 Å². The topological polar surface area (TPSA) is 107 Å². The molecule has 0 heterocycles. The van der Waals surface area contributed by atoms with Crippen LogP contribution in [0.15, 0.2) is 18.2 Å². The molecule has 6 nitrogen and oxygen atoms in total. The number of benzene rings is 1. The first-order valence-corrected chi connectivity index (χ1v) is 6.96. The Hall–Kier alpha value is -2.24. The van der Waals surface area contributed by atoms with E-state index in [-0.39, 0.29) is 29.4 Å². The Labute approximate surface area is 123 Å². The number of carbonyl (C=O) groups excluding carboxylic acids is 1. The van der Waals surface area contributed by atoms with Gasteiger partial charge in [-0.3, -0.25) is 9.59 Å². The lowest BCUT2D eigenvalue weighted by molar-refractivity contribution is -0.137. The Morgan fingerprint density at radius 1 is 1.19 bits per heavy atom. The molecular weight excluding hydrogens is 274 g/mol. The minimum absolute atomic E-state index is 0.118. The number of amides is 1. The largest absolute Gasteiger partial charge is 0.507 e. The molecule has 0 saturated carbocycles. The maximum Gasteiger partial charge on any atom is 0.303 e. The van der Waals surface area contributed by atoms with Crippen molar-refractivity contribution in [1.82, 2.24) is 5.32 Å². The van der Waals surface area contributed by atoms with Gasteiger partial charge in [0.15, 0.2) is 0 Å². The quantitative estimate of drug-likeness (QED) is 0.587. The molecule has 4 N–H and O–H groups in total. The number of carboxylic acids is 1. The molecular formula is C15H21NO5. The summed E-state index contributed by atoms with van der Waals surface area (Å²) < 4.78 is 0. The molecule has 116 valence electrons. The standard InChI is InChI=1S/C15H21NO5/c1-2-10(6-7-13(19)20)8-9-16-15(21)14-11(17)4-3-5-12(14)18/h3-5,10,17-18H,2,6-9H2,1H3,(H,16,21)(H,19,20). The molecule has 0 aliphatic carbocycles. The molecule has 0 aromatic heterocycles. The number of phenolic OH excluding ortho intramolecular Hbond substituents is 2. The van der Waals surface area contributed by atoms with Crippen LogP contribution in [-0.4, -0.2) is 33.7 Å². The van der Waals surface area contributed by atoms with Crippen LogP contribution in [0.2, 0.25) is 0 Å². The highest BCUT2D eigenvalue weighted by Gasteiger charge is 2.16. The van der Waals surface area contributed by atoms with E-state index in [9.17, 15) is 19.8 Å². The third-order valence-corrected chi connectivity index (χ3v) is 3.43. The number of phenols is 2. The summed E-state index contributed by atoms with van der Waals surface area (Å²) >= 11 is 0. The van der Waals surface area contributed by atoms with Gasteiger partial charge < -0.3 is 20.6 Å². The second-order valence-corrected chi connectivity index (χ2v) is 4.92. The first-order valence-electron chi connectivity index (χ1n) is 6.96. The molecule has 0 bridgehead atoms. The van der Waals surface area contributed by atoms with Crippen LogP contribution in [0.25, 0.3) is 0 Å². The summed E-state index contributed by atoms with van der Waals surface area (Å²) in [5, 5.41) is 30.4. The van der Waals surface area contributed by atoms with Crippen molar-refractivity contribution in [1.29, 1.82) is 0 Å². The van der Waals surface area contributed by atoms with Gasteiger partial charge in [0, 0.05) is 13.0 Å². The number of aromatic hydroxyl groups is 2. The summed E-state index contributed by atoms with van der Waals surface area (Å²) in [6.07, 6.45) is 2.19. The summed E-state index contributed by atoms with van der Waals surface area (Å²) in [5.74, 6) is -1.69. The van der Waals surface area contributed by atoms with Gasteiger partial charge in [0.2, 0.25) is 0 Å². The SMILES string of the molecule is CCC(CCNC(=O)c1c(O)cccc1O)CCC(=O)O. The molecule has 1 aromatic rings. The average molecular weight is 295 g/mol. The molecule has 0 saturated heterocycles. The molecule has 0 aliphatic rings. The highest BCUT2D eigenvalue weighted by molar-refractivity contribution is 5.99. The molecule has 1 rings (SSSR count). The van der Waals surface area contributed by atoms with Gasteiger partial charge in [0.05, 0.1) is 0 Å². The Morgan fingerprint density at radius 2 is 1.81 bits per heavy atom. The number of rotatable bonds is 8. The van der Waals surface area contributed by atoms with E-state index in [0.29, 0.717) is 19.4 Å². The Morgan fingerprint density at radius 3 is 2.33 bits per heavy atom. The minimum atomic E-state index is -0.823. The van der Waals surface area contributed by atoms with E-state index in [1.54, 1.807) is 0 Å². The number of nitrogens with one attached hydrogen (secondary N) is 1. The van der Waals surface area contributed by atoms with E-state index >= 15 is 0 Å². The fourth-order valence-corrected chi connectivity index (χ4v) is 2.12. The number of hydrogen-bond donors (Lipinski definition) is 4. The van der Waals surface area contributed by atoms with Gasteiger partial charge in [-0.15, -0.1) is 0 Å². The summed E-state index contributed by atoms with van der Waals surface area (Å²) in [4.78, 5) is 22.4. The summed E-state index contributed by atoms with van der Waals surface area (Å²) in [6.45, 7) is 2.34. The molecule has 1 aromatic carbocycles. The van der Waals surface area contributed by atoms with Gasteiger partial charge in [-0.25, -0.2) is 0 Å². The van der Waals surface area contributed by atoms with E-state index in [4.69, 9.17) is 5.11 Å². The van der Waals surface area contributed by atoms with Crippen LogP contribution < -0.4 is 5.32 Å². The zero-order chi connectivity index (χ0) is 15.8. The van der Waals surface area contributed by atoms with Gasteiger partial charge in [-0.05, 0) is 30.9 Å². The lowest BCUT2D eigenvalue weighted by Gasteiger charge is -2.14. The van der Waals surface area contributed by atoms with E-state index in [0.717, 1.165) is 6.42 Å². The van der Waals surface area contributed by atoms with Crippen LogP contribution in [0.3, 0.4) is 0 Å². The van der Waals surface area contributed by atoms with E-state index in [1.165, 1.54) is 18.2 Å². The van der Waals surface area contributed by atoms with Gasteiger partial charge in [-0.2, -0.15) is 0 Å². The maximum atomic E-state index is 11.9. The van der Waals surface area contributed by atoms with Crippen LogP contribution >= 0.6 is 0 Å². The summed E-state index contributed by atoms with van der Waals surface area (Å²) in [6, 6.07) is 4.10. The molecule has 0 radical (unpaired) electrons. The smallest absolute Gasteiger partial charge is 0.303 e. The molecule has 1 atom stereocenters. The Kier molecular flexibility index (Phi) is 6.52. The second-order valence-electron chi connectivity index (χ2n) is 4.92. The fraction of sp³-hybridized carbons (Fsp3) is 0.467. The highest BCUT2D eigenvalue weighted by atomic mass is 16.4. The van der Waals surface area contributed by atoms with Gasteiger partial charge >= 0.3 is 5.97 Å². The van der Waals surface area contributed by atoms with Crippen molar-refractivity contribution in [2.24, 2.45) is 5.92 Å². The third-order valence-electron chi connectivity index (χ3n) is 3.43. The zero-order valence-corrected chi connectivity index (χ0v) is 12.0. The molecule has 0 fully saturated rings. The van der Waals surface area contributed by atoms with Crippen molar-refractivity contribution in [2.75, 3.05) is 6.54 Å². The van der Waals surface area contributed by atoms with Crippen LogP contribution in [-0.2, 0) is 4.79 Å². The molecule has 0 spiro atoms. The fourth-order valence-electron chi connectivity index (χ4n) is 2.12. The number of hydrogen-bond acceptors (Lipinski definition) is 4.